The first-order chi connectivity index (χ1) is 8.69. The lowest BCUT2D eigenvalue weighted by Crippen LogP contribution is -2.31. The molecule has 0 radical (unpaired) electrons. The Kier molecular flexibility index (Phi) is 4.33. The SMILES string of the molecule is Cc1nc(NN)cc(N(C)CC2CCCOC2)n1. The third kappa shape index (κ3) is 3.30. The first kappa shape index (κ1) is 13.0. The third-order valence-electron chi connectivity index (χ3n) is 3.15. The first-order valence-corrected chi connectivity index (χ1v) is 6.30. The number of aromatic nitrogens is 2. The number of rotatable bonds is 4. The van der Waals surface area contributed by atoms with E-state index >= 15 is 0 Å². The Morgan fingerprint density at radius 2 is 2.39 bits per heavy atom. The highest BCUT2D eigenvalue weighted by molar-refractivity contribution is 5.48. The highest BCUT2D eigenvalue weighted by Gasteiger charge is 2.17. The van der Waals surface area contributed by atoms with Crippen LogP contribution in [0.1, 0.15) is 18.7 Å². The Hall–Kier alpha value is -1.40. The maximum absolute atomic E-state index is 5.50. The van der Waals surface area contributed by atoms with Gasteiger partial charge in [-0.25, -0.2) is 15.8 Å². The van der Waals surface area contributed by atoms with Gasteiger partial charge in [-0.2, -0.15) is 0 Å². The van der Waals surface area contributed by atoms with Crippen LogP contribution in [0.2, 0.25) is 0 Å². The van der Waals surface area contributed by atoms with Crippen LogP contribution < -0.4 is 16.2 Å². The monoisotopic (exact) mass is 251 g/mol. The molecule has 1 aliphatic rings. The van der Waals surface area contributed by atoms with Crippen LogP contribution in [0.25, 0.3) is 0 Å². The number of nitrogen functional groups attached to an aromatic ring is 1. The number of nitrogens with zero attached hydrogens (tertiary/aromatic N) is 3. The van der Waals surface area contributed by atoms with Gasteiger partial charge in [0.1, 0.15) is 17.5 Å². The molecule has 0 amide bonds. The van der Waals surface area contributed by atoms with Crippen LogP contribution in [0.5, 0.6) is 0 Å². The van der Waals surface area contributed by atoms with Gasteiger partial charge >= 0.3 is 0 Å². The second-order valence-electron chi connectivity index (χ2n) is 4.77. The summed E-state index contributed by atoms with van der Waals surface area (Å²) < 4.78 is 5.50. The summed E-state index contributed by atoms with van der Waals surface area (Å²) in [4.78, 5) is 10.7. The standard InChI is InChI=1S/C12H21N5O/c1-9-14-11(16-13)6-12(15-9)17(2)7-10-4-3-5-18-8-10/h6,10H,3-5,7-8,13H2,1-2H3,(H,14,15,16). The topological polar surface area (TPSA) is 76.3 Å². The van der Waals surface area contributed by atoms with Gasteiger partial charge in [0.05, 0.1) is 6.61 Å². The molecule has 18 heavy (non-hydrogen) atoms. The number of anilines is 2. The fourth-order valence-corrected chi connectivity index (χ4v) is 2.25. The van der Waals surface area contributed by atoms with E-state index in [1.807, 2.05) is 20.0 Å². The molecule has 1 atom stereocenters. The van der Waals surface area contributed by atoms with Gasteiger partial charge in [-0.1, -0.05) is 0 Å². The smallest absolute Gasteiger partial charge is 0.145 e. The molecule has 0 spiro atoms. The lowest BCUT2D eigenvalue weighted by Gasteiger charge is -2.28. The minimum absolute atomic E-state index is 0.577. The van der Waals surface area contributed by atoms with E-state index in [0.717, 1.165) is 32.0 Å². The zero-order chi connectivity index (χ0) is 13.0. The lowest BCUT2D eigenvalue weighted by atomic mass is 10.0. The normalized spacial score (nSPS) is 19.6. The average molecular weight is 251 g/mol. The molecule has 0 bridgehead atoms. The van der Waals surface area contributed by atoms with Crippen molar-refractivity contribution in [1.82, 2.24) is 9.97 Å². The number of aryl methyl sites for hydroxylation is 1. The van der Waals surface area contributed by atoms with Crippen molar-refractivity contribution in [3.63, 3.8) is 0 Å². The van der Waals surface area contributed by atoms with Gasteiger partial charge in [-0.05, 0) is 25.7 Å². The van der Waals surface area contributed by atoms with Crippen LogP contribution >= 0.6 is 0 Å². The van der Waals surface area contributed by atoms with Gasteiger partial charge in [-0.3, -0.25) is 0 Å². The van der Waals surface area contributed by atoms with Gasteiger partial charge in [0, 0.05) is 26.3 Å². The summed E-state index contributed by atoms with van der Waals surface area (Å²) in [7, 11) is 2.04. The molecule has 2 heterocycles. The fourth-order valence-electron chi connectivity index (χ4n) is 2.25. The summed E-state index contributed by atoms with van der Waals surface area (Å²) in [6.45, 7) is 4.55. The molecule has 1 aromatic rings. The highest BCUT2D eigenvalue weighted by atomic mass is 16.5. The van der Waals surface area contributed by atoms with Crippen LogP contribution in [0.3, 0.4) is 0 Å². The number of hydrazine groups is 1. The summed E-state index contributed by atoms with van der Waals surface area (Å²) in [6, 6.07) is 1.86. The van der Waals surface area contributed by atoms with Crippen LogP contribution in [-0.2, 0) is 4.74 Å². The van der Waals surface area contributed by atoms with E-state index in [1.54, 1.807) is 0 Å². The van der Waals surface area contributed by atoms with E-state index in [1.165, 1.54) is 6.42 Å². The van der Waals surface area contributed by atoms with Crippen LogP contribution in [-0.4, -0.2) is 36.8 Å². The van der Waals surface area contributed by atoms with Crippen molar-refractivity contribution >= 4 is 11.6 Å². The maximum Gasteiger partial charge on any atom is 0.145 e. The molecule has 0 saturated carbocycles. The Morgan fingerprint density at radius 3 is 3.06 bits per heavy atom. The zero-order valence-electron chi connectivity index (χ0n) is 11.0. The molecule has 100 valence electrons. The van der Waals surface area contributed by atoms with E-state index in [-0.39, 0.29) is 0 Å². The van der Waals surface area contributed by atoms with E-state index in [0.29, 0.717) is 17.6 Å². The van der Waals surface area contributed by atoms with Crippen LogP contribution in [0.4, 0.5) is 11.6 Å². The number of hydrogen-bond acceptors (Lipinski definition) is 6. The molecular weight excluding hydrogens is 230 g/mol. The molecular formula is C12H21N5O. The van der Waals surface area contributed by atoms with Crippen molar-refractivity contribution < 1.29 is 4.74 Å². The summed E-state index contributed by atoms with van der Waals surface area (Å²) in [5.74, 6) is 8.22. The zero-order valence-corrected chi connectivity index (χ0v) is 11.0. The molecule has 0 aromatic carbocycles. The first-order valence-electron chi connectivity index (χ1n) is 6.30. The summed E-state index contributed by atoms with van der Waals surface area (Å²) >= 11 is 0. The Bertz CT molecular complexity index is 392. The number of nitrogens with one attached hydrogen (secondary N) is 1. The Labute approximate surface area is 108 Å². The predicted molar refractivity (Wildman–Crippen MR) is 71.4 cm³/mol. The second kappa shape index (κ2) is 5.97. The maximum atomic E-state index is 5.50. The average Bonchev–Trinajstić information content (AvgIpc) is 2.39. The van der Waals surface area contributed by atoms with Crippen molar-refractivity contribution in [3.8, 4) is 0 Å². The molecule has 0 aliphatic carbocycles. The Morgan fingerprint density at radius 1 is 1.56 bits per heavy atom. The molecule has 2 rings (SSSR count). The van der Waals surface area contributed by atoms with Gasteiger partial charge in [-0.15, -0.1) is 0 Å². The van der Waals surface area contributed by atoms with E-state index in [2.05, 4.69) is 20.3 Å². The largest absolute Gasteiger partial charge is 0.381 e. The molecule has 6 nitrogen and oxygen atoms in total. The summed E-state index contributed by atoms with van der Waals surface area (Å²) in [6.07, 6.45) is 2.37. The van der Waals surface area contributed by atoms with E-state index in [9.17, 15) is 0 Å². The molecule has 1 saturated heterocycles. The molecule has 1 aliphatic heterocycles. The Balaban J connectivity index is 2.02. The fraction of sp³-hybridized carbons (Fsp3) is 0.667. The number of hydrogen-bond donors (Lipinski definition) is 2. The van der Waals surface area contributed by atoms with E-state index in [4.69, 9.17) is 10.6 Å². The van der Waals surface area contributed by atoms with Gasteiger partial charge in [0.25, 0.3) is 0 Å². The van der Waals surface area contributed by atoms with Crippen molar-refractivity contribution in [1.29, 1.82) is 0 Å². The van der Waals surface area contributed by atoms with Crippen LogP contribution in [0.15, 0.2) is 6.07 Å². The number of nitrogens with two attached hydrogens (primary N) is 1. The highest BCUT2D eigenvalue weighted by Crippen LogP contribution is 2.19. The van der Waals surface area contributed by atoms with Crippen molar-refractivity contribution in [2.75, 3.05) is 37.1 Å². The second-order valence-corrected chi connectivity index (χ2v) is 4.77. The lowest BCUT2D eigenvalue weighted by molar-refractivity contribution is 0.0576. The van der Waals surface area contributed by atoms with Crippen molar-refractivity contribution in [3.05, 3.63) is 11.9 Å². The molecule has 3 N–H and O–H groups in total. The quantitative estimate of drug-likeness (QED) is 0.612. The van der Waals surface area contributed by atoms with Crippen LogP contribution in [0, 0.1) is 12.8 Å². The third-order valence-corrected chi connectivity index (χ3v) is 3.15. The summed E-state index contributed by atoms with van der Waals surface area (Å²) in [5, 5.41) is 0. The van der Waals surface area contributed by atoms with Gasteiger partial charge in [0.2, 0.25) is 0 Å². The van der Waals surface area contributed by atoms with Gasteiger partial charge < -0.3 is 15.1 Å². The number of ether oxygens (including phenoxy) is 1. The predicted octanol–water partition coefficient (Wildman–Crippen LogP) is 0.933. The van der Waals surface area contributed by atoms with Crippen molar-refractivity contribution in [2.45, 2.75) is 19.8 Å². The molecule has 1 fully saturated rings. The van der Waals surface area contributed by atoms with E-state index < -0.39 is 0 Å². The van der Waals surface area contributed by atoms with Gasteiger partial charge in [0.15, 0.2) is 0 Å². The minimum atomic E-state index is 0.577. The van der Waals surface area contributed by atoms with Crippen molar-refractivity contribution in [2.24, 2.45) is 11.8 Å². The summed E-state index contributed by atoms with van der Waals surface area (Å²) in [5.41, 5.74) is 2.56. The molecule has 1 aromatic heterocycles. The molecule has 1 unspecified atom stereocenters. The molecule has 6 heteroatoms. The minimum Gasteiger partial charge on any atom is -0.381 e.